The molecule has 0 aliphatic heterocycles. The number of ether oxygens (including phenoxy) is 1. The molecule has 0 aromatic heterocycles. The number of hydrogen-bond acceptors (Lipinski definition) is 2. The molecule has 0 aliphatic rings. The van der Waals surface area contributed by atoms with Crippen molar-refractivity contribution in [3.63, 3.8) is 0 Å². The Labute approximate surface area is 110 Å². The van der Waals surface area contributed by atoms with Gasteiger partial charge in [-0.2, -0.15) is 0 Å². The second-order valence-electron chi connectivity index (χ2n) is 3.93. The number of alkyl halides is 3. The molecule has 2 nitrogen and oxygen atoms in total. The lowest BCUT2D eigenvalue weighted by Gasteiger charge is -2.10. The molecule has 0 amide bonds. The largest absolute Gasteiger partial charge is 0.573 e. The number of hydrogen-bond donors (Lipinski definition) is 1. The van der Waals surface area contributed by atoms with Crippen LogP contribution in [-0.4, -0.2) is 6.36 Å². The fourth-order valence-corrected chi connectivity index (χ4v) is 1.60. The number of benzene rings is 2. The Balaban J connectivity index is 2.31. The Kier molecular flexibility index (Phi) is 3.52. The summed E-state index contributed by atoms with van der Waals surface area (Å²) in [4.78, 5) is 0. The van der Waals surface area contributed by atoms with Crippen LogP contribution in [0.5, 0.6) is 5.75 Å². The third-order valence-electron chi connectivity index (χ3n) is 2.50. The van der Waals surface area contributed by atoms with E-state index in [-0.39, 0.29) is 5.56 Å². The highest BCUT2D eigenvalue weighted by atomic mass is 19.4. The maximum atomic E-state index is 13.3. The first-order chi connectivity index (χ1) is 9.26. The van der Waals surface area contributed by atoms with Crippen molar-refractivity contribution in [2.24, 2.45) is 0 Å². The van der Waals surface area contributed by atoms with Gasteiger partial charge in [-0.25, -0.2) is 8.78 Å². The zero-order chi connectivity index (χ0) is 14.9. The van der Waals surface area contributed by atoms with Crippen molar-refractivity contribution in [3.8, 4) is 16.9 Å². The summed E-state index contributed by atoms with van der Waals surface area (Å²) in [5.41, 5.74) is 5.01. The first-order valence-corrected chi connectivity index (χ1v) is 5.37. The molecule has 0 spiro atoms. The summed E-state index contributed by atoms with van der Waals surface area (Å²) in [5.74, 6) is -2.29. The van der Waals surface area contributed by atoms with Crippen molar-refractivity contribution in [2.75, 3.05) is 5.73 Å². The van der Waals surface area contributed by atoms with Crippen molar-refractivity contribution in [2.45, 2.75) is 6.36 Å². The Morgan fingerprint density at radius 3 is 1.80 bits per heavy atom. The van der Waals surface area contributed by atoms with Gasteiger partial charge in [0.05, 0.1) is 0 Å². The van der Waals surface area contributed by atoms with Gasteiger partial charge in [-0.15, -0.1) is 13.2 Å². The van der Waals surface area contributed by atoms with E-state index in [2.05, 4.69) is 4.74 Å². The van der Waals surface area contributed by atoms with Crippen LogP contribution in [0.2, 0.25) is 0 Å². The minimum absolute atomic E-state index is 0.160. The SMILES string of the molecule is Nc1c(F)cc(-c2ccc(OC(F)(F)F)cc2)cc1F. The van der Waals surface area contributed by atoms with Crippen LogP contribution in [0, 0.1) is 11.6 Å². The van der Waals surface area contributed by atoms with Gasteiger partial charge in [0, 0.05) is 0 Å². The first-order valence-electron chi connectivity index (χ1n) is 5.37. The van der Waals surface area contributed by atoms with Gasteiger partial charge in [-0.05, 0) is 35.4 Å². The molecular formula is C13H8F5NO. The summed E-state index contributed by atoms with van der Waals surface area (Å²) in [6, 6.07) is 6.61. The summed E-state index contributed by atoms with van der Waals surface area (Å²) in [6.07, 6.45) is -4.79. The van der Waals surface area contributed by atoms with E-state index in [1.54, 1.807) is 0 Å². The molecular weight excluding hydrogens is 281 g/mol. The second-order valence-corrected chi connectivity index (χ2v) is 3.93. The third kappa shape index (κ3) is 3.17. The first kappa shape index (κ1) is 14.1. The maximum absolute atomic E-state index is 13.3. The molecule has 0 atom stereocenters. The Morgan fingerprint density at radius 1 is 0.850 bits per heavy atom. The molecule has 0 heterocycles. The highest BCUT2D eigenvalue weighted by Crippen LogP contribution is 2.29. The molecule has 0 bridgehead atoms. The average Bonchev–Trinajstić information content (AvgIpc) is 2.34. The number of halogens is 5. The lowest BCUT2D eigenvalue weighted by molar-refractivity contribution is -0.274. The molecule has 7 heteroatoms. The smallest absolute Gasteiger partial charge is 0.406 e. The number of nitrogens with two attached hydrogens (primary N) is 1. The van der Waals surface area contributed by atoms with Gasteiger partial charge >= 0.3 is 6.36 Å². The lowest BCUT2D eigenvalue weighted by atomic mass is 10.0. The van der Waals surface area contributed by atoms with Gasteiger partial charge in [0.25, 0.3) is 0 Å². The van der Waals surface area contributed by atoms with E-state index in [0.29, 0.717) is 5.56 Å². The molecule has 2 aromatic carbocycles. The van der Waals surface area contributed by atoms with E-state index >= 15 is 0 Å². The number of rotatable bonds is 2. The predicted octanol–water partition coefficient (Wildman–Crippen LogP) is 4.11. The minimum Gasteiger partial charge on any atom is -0.406 e. The predicted molar refractivity (Wildman–Crippen MR) is 62.9 cm³/mol. The van der Waals surface area contributed by atoms with Crippen LogP contribution in [0.3, 0.4) is 0 Å². The van der Waals surface area contributed by atoms with Crippen molar-refractivity contribution >= 4 is 5.69 Å². The summed E-state index contributed by atoms with van der Waals surface area (Å²) in [6.45, 7) is 0. The standard InChI is InChI=1S/C13H8F5NO/c14-10-5-8(6-11(15)12(10)19)7-1-3-9(4-2-7)20-13(16,17)18/h1-6H,19H2. The van der Waals surface area contributed by atoms with Crippen LogP contribution in [0.25, 0.3) is 11.1 Å². The molecule has 2 N–H and O–H groups in total. The van der Waals surface area contributed by atoms with Gasteiger partial charge in [-0.1, -0.05) is 12.1 Å². The minimum atomic E-state index is -4.79. The second kappa shape index (κ2) is 4.99. The zero-order valence-corrected chi connectivity index (χ0v) is 9.84. The summed E-state index contributed by atoms with van der Waals surface area (Å²) in [5, 5.41) is 0. The number of anilines is 1. The van der Waals surface area contributed by atoms with E-state index < -0.39 is 29.4 Å². The van der Waals surface area contributed by atoms with Crippen LogP contribution >= 0.6 is 0 Å². The lowest BCUT2D eigenvalue weighted by Crippen LogP contribution is -2.16. The fourth-order valence-electron chi connectivity index (χ4n) is 1.60. The van der Waals surface area contributed by atoms with Crippen LogP contribution in [0.1, 0.15) is 0 Å². The Hall–Kier alpha value is -2.31. The molecule has 106 valence electrons. The summed E-state index contributed by atoms with van der Waals surface area (Å²) < 4.78 is 66.2. The molecule has 0 aliphatic carbocycles. The van der Waals surface area contributed by atoms with Gasteiger partial charge in [0.2, 0.25) is 0 Å². The van der Waals surface area contributed by atoms with Crippen LogP contribution in [0.15, 0.2) is 36.4 Å². The summed E-state index contributed by atoms with van der Waals surface area (Å²) >= 11 is 0. The fraction of sp³-hybridized carbons (Fsp3) is 0.0769. The van der Waals surface area contributed by atoms with Crippen molar-refractivity contribution in [3.05, 3.63) is 48.0 Å². The quantitative estimate of drug-likeness (QED) is 0.667. The highest BCUT2D eigenvalue weighted by Gasteiger charge is 2.30. The van der Waals surface area contributed by atoms with E-state index in [0.717, 1.165) is 24.3 Å². The van der Waals surface area contributed by atoms with Crippen LogP contribution in [0.4, 0.5) is 27.6 Å². The normalized spacial score (nSPS) is 11.4. The molecule has 2 rings (SSSR count). The molecule has 0 radical (unpaired) electrons. The van der Waals surface area contributed by atoms with Gasteiger partial charge in [-0.3, -0.25) is 0 Å². The van der Waals surface area contributed by atoms with Crippen molar-refractivity contribution in [1.29, 1.82) is 0 Å². The van der Waals surface area contributed by atoms with Crippen LogP contribution < -0.4 is 10.5 Å². The molecule has 0 fully saturated rings. The van der Waals surface area contributed by atoms with E-state index in [9.17, 15) is 22.0 Å². The van der Waals surface area contributed by atoms with Crippen LogP contribution in [-0.2, 0) is 0 Å². The maximum Gasteiger partial charge on any atom is 0.573 e. The molecule has 2 aromatic rings. The topological polar surface area (TPSA) is 35.2 Å². The van der Waals surface area contributed by atoms with E-state index in [1.165, 1.54) is 12.1 Å². The Bertz CT molecular complexity index is 599. The zero-order valence-electron chi connectivity index (χ0n) is 9.84. The Morgan fingerprint density at radius 2 is 1.35 bits per heavy atom. The number of nitrogen functional groups attached to an aromatic ring is 1. The molecule has 0 saturated carbocycles. The average molecular weight is 289 g/mol. The van der Waals surface area contributed by atoms with E-state index in [4.69, 9.17) is 5.73 Å². The molecule has 0 unspecified atom stereocenters. The molecule has 0 saturated heterocycles. The monoisotopic (exact) mass is 289 g/mol. The van der Waals surface area contributed by atoms with Crippen molar-refractivity contribution < 1.29 is 26.7 Å². The highest BCUT2D eigenvalue weighted by molar-refractivity contribution is 5.66. The molecule has 20 heavy (non-hydrogen) atoms. The van der Waals surface area contributed by atoms with Gasteiger partial charge in [0.15, 0.2) is 0 Å². The van der Waals surface area contributed by atoms with Crippen molar-refractivity contribution in [1.82, 2.24) is 0 Å². The van der Waals surface area contributed by atoms with Gasteiger partial charge in [0.1, 0.15) is 23.1 Å². The van der Waals surface area contributed by atoms with E-state index in [1.807, 2.05) is 0 Å². The summed E-state index contributed by atoms with van der Waals surface area (Å²) in [7, 11) is 0. The third-order valence-corrected chi connectivity index (χ3v) is 2.50. The van der Waals surface area contributed by atoms with Gasteiger partial charge < -0.3 is 10.5 Å².